The molecule has 3 nitrogen and oxygen atoms in total. The summed E-state index contributed by atoms with van der Waals surface area (Å²) in [5, 5.41) is 3.57. The molecule has 0 saturated heterocycles. The molecule has 0 atom stereocenters. The number of hydrogen-bond donors (Lipinski definition) is 1. The maximum atomic E-state index is 11.4. The van der Waals surface area contributed by atoms with Crippen LogP contribution in [0, 0.1) is 5.92 Å². The third-order valence-corrected chi connectivity index (χ3v) is 3.68. The molecular weight excluding hydrogens is 250 g/mol. The first-order valence-corrected chi connectivity index (χ1v) is 7.12. The van der Waals surface area contributed by atoms with Crippen LogP contribution in [0.5, 0.6) is 0 Å². The fourth-order valence-electron chi connectivity index (χ4n) is 2.54. The van der Waals surface area contributed by atoms with Crippen molar-refractivity contribution in [3.05, 3.63) is 47.7 Å². The van der Waals surface area contributed by atoms with Gasteiger partial charge in [0.05, 0.1) is 18.2 Å². The Morgan fingerprint density at radius 1 is 1.35 bits per heavy atom. The van der Waals surface area contributed by atoms with Crippen LogP contribution in [0.1, 0.15) is 49.0 Å². The van der Waals surface area contributed by atoms with E-state index in [1.165, 1.54) is 12.7 Å². The molecule has 1 aromatic rings. The van der Waals surface area contributed by atoms with Gasteiger partial charge in [-0.1, -0.05) is 32.6 Å². The van der Waals surface area contributed by atoms with Gasteiger partial charge in [-0.25, -0.2) is 4.79 Å². The number of allylic oxidation sites excluding steroid dienone is 1. The van der Waals surface area contributed by atoms with E-state index in [0.717, 1.165) is 25.0 Å². The van der Waals surface area contributed by atoms with E-state index in [0.29, 0.717) is 11.5 Å². The van der Waals surface area contributed by atoms with E-state index in [-0.39, 0.29) is 11.5 Å². The van der Waals surface area contributed by atoms with Gasteiger partial charge < -0.3 is 10.1 Å². The average molecular weight is 273 g/mol. The lowest BCUT2D eigenvalue weighted by Crippen LogP contribution is -2.28. The van der Waals surface area contributed by atoms with Crippen molar-refractivity contribution in [1.82, 2.24) is 5.32 Å². The average Bonchev–Trinajstić information content (AvgIpc) is 3.17. The van der Waals surface area contributed by atoms with E-state index in [4.69, 9.17) is 4.74 Å². The number of nitrogens with one attached hydrogen (secondary N) is 1. The van der Waals surface area contributed by atoms with Crippen LogP contribution in [0.3, 0.4) is 0 Å². The molecule has 0 unspecified atom stereocenters. The smallest absolute Gasteiger partial charge is 0.337 e. The molecule has 1 N–H and O–H groups in total. The molecule has 0 heterocycles. The Morgan fingerprint density at radius 3 is 2.40 bits per heavy atom. The van der Waals surface area contributed by atoms with Crippen molar-refractivity contribution in [2.24, 2.45) is 5.92 Å². The van der Waals surface area contributed by atoms with Crippen molar-refractivity contribution in [2.45, 2.75) is 38.6 Å². The van der Waals surface area contributed by atoms with Gasteiger partial charge in [0.1, 0.15) is 0 Å². The third kappa shape index (κ3) is 3.21. The Morgan fingerprint density at radius 2 is 1.95 bits per heavy atom. The van der Waals surface area contributed by atoms with Gasteiger partial charge in [0.25, 0.3) is 0 Å². The first kappa shape index (κ1) is 14.6. The standard InChI is InChI=1S/C17H23NO2/c1-12(2)11-13(3)18-17(9-10-17)15-7-5-14(6-8-15)16(19)20-4/h5-8,12,18H,3,9-11H2,1-2,4H3. The van der Waals surface area contributed by atoms with Crippen LogP contribution < -0.4 is 5.32 Å². The molecule has 3 heteroatoms. The Balaban J connectivity index is 2.07. The molecule has 0 aliphatic heterocycles. The molecule has 1 fully saturated rings. The molecule has 0 spiro atoms. The first-order chi connectivity index (χ1) is 9.47. The van der Waals surface area contributed by atoms with Crippen LogP contribution in [-0.2, 0) is 10.3 Å². The highest BCUT2D eigenvalue weighted by Gasteiger charge is 2.44. The zero-order chi connectivity index (χ0) is 14.8. The number of rotatable bonds is 6. The predicted molar refractivity (Wildman–Crippen MR) is 80.4 cm³/mol. The first-order valence-electron chi connectivity index (χ1n) is 7.12. The quantitative estimate of drug-likeness (QED) is 0.805. The topological polar surface area (TPSA) is 38.3 Å². The Hall–Kier alpha value is -1.77. The van der Waals surface area contributed by atoms with Gasteiger partial charge in [-0.3, -0.25) is 0 Å². The Kier molecular flexibility index (Phi) is 4.17. The summed E-state index contributed by atoms with van der Waals surface area (Å²) in [6.45, 7) is 8.50. The molecule has 108 valence electrons. The van der Waals surface area contributed by atoms with Crippen molar-refractivity contribution in [2.75, 3.05) is 7.11 Å². The highest BCUT2D eigenvalue weighted by molar-refractivity contribution is 5.89. The highest BCUT2D eigenvalue weighted by Crippen LogP contribution is 2.46. The Bertz CT molecular complexity index is 498. The van der Waals surface area contributed by atoms with Crippen molar-refractivity contribution < 1.29 is 9.53 Å². The summed E-state index contributed by atoms with van der Waals surface area (Å²) in [6, 6.07) is 7.67. The summed E-state index contributed by atoms with van der Waals surface area (Å²) in [5.74, 6) is 0.311. The van der Waals surface area contributed by atoms with Crippen LogP contribution in [0.25, 0.3) is 0 Å². The SMILES string of the molecule is C=C(CC(C)C)NC1(c2ccc(C(=O)OC)cc2)CC1. The summed E-state index contributed by atoms with van der Waals surface area (Å²) < 4.78 is 4.72. The van der Waals surface area contributed by atoms with Gasteiger partial charge in [-0.05, 0) is 42.9 Å². The fraction of sp³-hybridized carbons (Fsp3) is 0.471. The number of benzene rings is 1. The molecule has 20 heavy (non-hydrogen) atoms. The van der Waals surface area contributed by atoms with Gasteiger partial charge in [-0.15, -0.1) is 0 Å². The van der Waals surface area contributed by atoms with Crippen LogP contribution >= 0.6 is 0 Å². The summed E-state index contributed by atoms with van der Waals surface area (Å²) in [5.41, 5.74) is 2.93. The molecule has 1 aliphatic rings. The molecule has 2 rings (SSSR count). The molecule has 1 aliphatic carbocycles. The second-order valence-corrected chi connectivity index (χ2v) is 5.98. The minimum Gasteiger partial charge on any atom is -0.465 e. The summed E-state index contributed by atoms with van der Waals surface area (Å²) in [6.07, 6.45) is 3.21. The zero-order valence-corrected chi connectivity index (χ0v) is 12.5. The van der Waals surface area contributed by atoms with E-state index >= 15 is 0 Å². The lowest BCUT2D eigenvalue weighted by atomic mass is 10.0. The van der Waals surface area contributed by atoms with E-state index in [1.807, 2.05) is 24.3 Å². The minimum absolute atomic E-state index is 0.0284. The van der Waals surface area contributed by atoms with Crippen LogP contribution in [0.4, 0.5) is 0 Å². The van der Waals surface area contributed by atoms with E-state index in [1.54, 1.807) is 0 Å². The number of carbonyl (C=O) groups is 1. The summed E-state index contributed by atoms with van der Waals surface area (Å²) in [4.78, 5) is 11.4. The summed E-state index contributed by atoms with van der Waals surface area (Å²) >= 11 is 0. The lowest BCUT2D eigenvalue weighted by molar-refractivity contribution is 0.0600. The fourth-order valence-corrected chi connectivity index (χ4v) is 2.54. The van der Waals surface area contributed by atoms with E-state index in [9.17, 15) is 4.79 Å². The van der Waals surface area contributed by atoms with Crippen molar-refractivity contribution in [3.8, 4) is 0 Å². The van der Waals surface area contributed by atoms with E-state index < -0.39 is 0 Å². The monoisotopic (exact) mass is 273 g/mol. The molecule has 0 amide bonds. The summed E-state index contributed by atoms with van der Waals surface area (Å²) in [7, 11) is 1.40. The van der Waals surface area contributed by atoms with Crippen LogP contribution in [0.15, 0.2) is 36.5 Å². The van der Waals surface area contributed by atoms with Crippen LogP contribution in [0.2, 0.25) is 0 Å². The maximum Gasteiger partial charge on any atom is 0.337 e. The number of methoxy groups -OCH3 is 1. The van der Waals surface area contributed by atoms with Gasteiger partial charge in [-0.2, -0.15) is 0 Å². The number of hydrogen-bond acceptors (Lipinski definition) is 3. The van der Waals surface area contributed by atoms with E-state index in [2.05, 4.69) is 25.7 Å². The molecule has 0 bridgehead atoms. The number of esters is 1. The van der Waals surface area contributed by atoms with Gasteiger partial charge in [0.15, 0.2) is 0 Å². The number of carbonyl (C=O) groups excluding carboxylic acids is 1. The molecule has 0 radical (unpaired) electrons. The predicted octanol–water partition coefficient (Wildman–Crippen LogP) is 3.61. The third-order valence-electron chi connectivity index (χ3n) is 3.68. The molecule has 0 aromatic heterocycles. The van der Waals surface area contributed by atoms with Gasteiger partial charge in [0, 0.05) is 5.70 Å². The van der Waals surface area contributed by atoms with Gasteiger partial charge >= 0.3 is 5.97 Å². The lowest BCUT2D eigenvalue weighted by Gasteiger charge is -2.22. The van der Waals surface area contributed by atoms with Crippen molar-refractivity contribution in [3.63, 3.8) is 0 Å². The second kappa shape index (κ2) is 5.70. The molecular formula is C17H23NO2. The van der Waals surface area contributed by atoms with Gasteiger partial charge in [0.2, 0.25) is 0 Å². The Labute approximate surface area is 121 Å². The highest BCUT2D eigenvalue weighted by atomic mass is 16.5. The molecule has 1 saturated carbocycles. The van der Waals surface area contributed by atoms with Crippen molar-refractivity contribution >= 4 is 5.97 Å². The second-order valence-electron chi connectivity index (χ2n) is 5.98. The zero-order valence-electron chi connectivity index (χ0n) is 12.5. The minimum atomic E-state index is -0.293. The van der Waals surface area contributed by atoms with Crippen LogP contribution in [-0.4, -0.2) is 13.1 Å². The molecule has 1 aromatic carbocycles. The van der Waals surface area contributed by atoms with Crippen molar-refractivity contribution in [1.29, 1.82) is 0 Å². The number of ether oxygens (including phenoxy) is 1. The largest absolute Gasteiger partial charge is 0.465 e. The normalized spacial score (nSPS) is 15.8. The maximum absolute atomic E-state index is 11.4.